The van der Waals surface area contributed by atoms with Crippen LogP contribution < -0.4 is 4.90 Å². The summed E-state index contributed by atoms with van der Waals surface area (Å²) in [6.07, 6.45) is 1.82. The molecule has 1 aliphatic carbocycles. The molecule has 2 aromatic heterocycles. The summed E-state index contributed by atoms with van der Waals surface area (Å²) in [5.41, 5.74) is 3.67. The molecule has 0 N–H and O–H groups in total. The highest BCUT2D eigenvalue weighted by Gasteiger charge is 2.36. The van der Waals surface area contributed by atoms with Crippen LogP contribution in [0.3, 0.4) is 0 Å². The summed E-state index contributed by atoms with van der Waals surface area (Å²) in [4.78, 5) is 22.3. The van der Waals surface area contributed by atoms with E-state index in [1.165, 1.54) is 11.3 Å². The van der Waals surface area contributed by atoms with Crippen LogP contribution in [0.4, 0.5) is 16.5 Å². The van der Waals surface area contributed by atoms with Gasteiger partial charge in [0.25, 0.3) is 0 Å². The van der Waals surface area contributed by atoms with Gasteiger partial charge in [-0.1, -0.05) is 84.9 Å². The van der Waals surface area contributed by atoms with Gasteiger partial charge in [-0.15, -0.1) is 11.3 Å². The number of hydrogen-bond donors (Lipinski definition) is 0. The van der Waals surface area contributed by atoms with Crippen molar-refractivity contribution in [1.29, 1.82) is 10.5 Å². The molecule has 0 unspecified atom stereocenters. The number of anilines is 3. The molecule has 6 heteroatoms. The molecule has 8 rings (SSSR count). The van der Waals surface area contributed by atoms with Crippen molar-refractivity contribution in [3.8, 4) is 12.1 Å². The van der Waals surface area contributed by atoms with Gasteiger partial charge in [0, 0.05) is 38.2 Å². The SMILES string of the molecule is N#CC(C#N)=C1/C(=C\c2ccc(N(c3ccccc3)c3ccc4ccccc4n3)s2)C(=O)c2c1c1ccccc1c1ccccc21. The molecule has 0 amide bonds. The second-order valence-electron chi connectivity index (χ2n) is 10.9. The number of fused-ring (bicyclic) bond motifs is 7. The number of aromatic nitrogens is 1. The zero-order valence-electron chi connectivity index (χ0n) is 24.3. The Bertz CT molecular complexity index is 2510. The lowest BCUT2D eigenvalue weighted by Gasteiger charge is -2.22. The predicted octanol–water partition coefficient (Wildman–Crippen LogP) is 10.2. The Morgan fingerprint density at radius 3 is 2.02 bits per heavy atom. The fraction of sp³-hybridized carbons (Fsp3) is 0. The minimum atomic E-state index is -0.194. The molecule has 0 spiro atoms. The summed E-state index contributed by atoms with van der Waals surface area (Å²) in [6.45, 7) is 0. The molecule has 5 aromatic carbocycles. The molecule has 0 bridgehead atoms. The number of nitrogens with zero attached hydrogens (tertiary/aromatic N) is 4. The standard InChI is InChI=1S/C40H22N4OS/c41-23-26(24-42)37-33(40(45)39-32-16-8-6-14-30(32)29-13-5-7-15-31(29)38(37)39)22-28-19-21-36(46-28)44(27-11-2-1-3-12-27)35-20-18-25-10-4-9-17-34(25)43-35/h1-22H/b33-22+. The third-order valence-corrected chi connectivity index (χ3v) is 9.36. The summed E-state index contributed by atoms with van der Waals surface area (Å²) in [5.74, 6) is 0.575. The summed E-state index contributed by atoms with van der Waals surface area (Å²) < 4.78 is 0. The highest BCUT2D eigenvalue weighted by molar-refractivity contribution is 7.17. The third-order valence-electron chi connectivity index (χ3n) is 8.34. The number of carbonyl (C=O) groups excluding carboxylic acids is 1. The summed E-state index contributed by atoms with van der Waals surface area (Å²) in [7, 11) is 0. The molecule has 2 heterocycles. The van der Waals surface area contributed by atoms with Crippen LogP contribution in [0.15, 0.2) is 139 Å². The zero-order chi connectivity index (χ0) is 31.2. The van der Waals surface area contributed by atoms with E-state index in [4.69, 9.17) is 4.98 Å². The highest BCUT2D eigenvalue weighted by Crippen LogP contribution is 2.48. The van der Waals surface area contributed by atoms with Crippen molar-refractivity contribution in [2.24, 2.45) is 0 Å². The summed E-state index contributed by atoms with van der Waals surface area (Å²) in [6, 6.07) is 45.9. The first kappa shape index (κ1) is 27.2. The molecule has 46 heavy (non-hydrogen) atoms. The fourth-order valence-corrected chi connectivity index (χ4v) is 7.35. The Hall–Kier alpha value is -6.34. The number of ketones is 1. The van der Waals surface area contributed by atoms with E-state index in [9.17, 15) is 15.3 Å². The topological polar surface area (TPSA) is 80.8 Å². The molecule has 0 fully saturated rings. The molecule has 7 aromatic rings. The van der Waals surface area contributed by atoms with E-state index in [1.807, 2.05) is 127 Å². The maximum Gasteiger partial charge on any atom is 0.195 e. The van der Waals surface area contributed by atoms with Gasteiger partial charge in [0.2, 0.25) is 0 Å². The van der Waals surface area contributed by atoms with Crippen LogP contribution >= 0.6 is 11.3 Å². The van der Waals surface area contributed by atoms with E-state index < -0.39 is 0 Å². The molecular weight excluding hydrogens is 585 g/mol. The number of Topliss-reactive ketones (excluding diaryl/α,β-unsaturated/α-hetero) is 1. The molecule has 0 radical (unpaired) electrons. The second kappa shape index (κ2) is 11.0. The lowest BCUT2D eigenvalue weighted by atomic mass is 9.90. The summed E-state index contributed by atoms with van der Waals surface area (Å²) >= 11 is 1.51. The van der Waals surface area contributed by atoms with E-state index in [-0.39, 0.29) is 11.4 Å². The van der Waals surface area contributed by atoms with Gasteiger partial charge in [0.05, 0.1) is 5.52 Å². The van der Waals surface area contributed by atoms with Crippen molar-refractivity contribution < 1.29 is 4.79 Å². The highest BCUT2D eigenvalue weighted by atomic mass is 32.1. The molecule has 214 valence electrons. The van der Waals surface area contributed by atoms with Crippen LogP contribution in [0.1, 0.15) is 20.8 Å². The Morgan fingerprint density at radius 2 is 1.30 bits per heavy atom. The molecule has 0 aliphatic heterocycles. The largest absolute Gasteiger partial charge is 0.289 e. The van der Waals surface area contributed by atoms with E-state index in [0.29, 0.717) is 22.3 Å². The number of hydrogen-bond acceptors (Lipinski definition) is 6. The number of allylic oxidation sites excluding steroid dienone is 3. The average Bonchev–Trinajstić information content (AvgIpc) is 3.68. The maximum absolute atomic E-state index is 14.4. The van der Waals surface area contributed by atoms with Crippen LogP contribution in [-0.4, -0.2) is 10.8 Å². The third kappa shape index (κ3) is 4.29. The first-order valence-electron chi connectivity index (χ1n) is 14.7. The minimum absolute atomic E-state index is 0.0816. The molecule has 0 atom stereocenters. The van der Waals surface area contributed by atoms with E-state index >= 15 is 0 Å². The molecular formula is C40H22N4OS. The normalized spacial score (nSPS) is 13.2. The lowest BCUT2D eigenvalue weighted by molar-refractivity contribution is 0.104. The van der Waals surface area contributed by atoms with Crippen molar-refractivity contribution >= 4 is 77.7 Å². The number of nitriles is 2. The van der Waals surface area contributed by atoms with Gasteiger partial charge in [-0.05, 0) is 70.1 Å². The van der Waals surface area contributed by atoms with Gasteiger partial charge >= 0.3 is 0 Å². The van der Waals surface area contributed by atoms with Gasteiger partial charge in [-0.3, -0.25) is 9.69 Å². The van der Waals surface area contributed by atoms with Crippen molar-refractivity contribution in [2.75, 3.05) is 4.90 Å². The van der Waals surface area contributed by atoms with Crippen molar-refractivity contribution in [3.05, 3.63) is 155 Å². The first-order chi connectivity index (χ1) is 22.7. The predicted molar refractivity (Wildman–Crippen MR) is 186 cm³/mol. The fourth-order valence-electron chi connectivity index (χ4n) is 6.37. The smallest absolute Gasteiger partial charge is 0.195 e. The van der Waals surface area contributed by atoms with Gasteiger partial charge < -0.3 is 0 Å². The van der Waals surface area contributed by atoms with Crippen LogP contribution in [-0.2, 0) is 0 Å². The zero-order valence-corrected chi connectivity index (χ0v) is 25.1. The Labute approximate surface area is 268 Å². The number of thiophene rings is 1. The van der Waals surface area contributed by atoms with Crippen molar-refractivity contribution in [3.63, 3.8) is 0 Å². The van der Waals surface area contributed by atoms with Gasteiger partial charge in [-0.25, -0.2) is 4.98 Å². The van der Waals surface area contributed by atoms with Gasteiger partial charge in [0.1, 0.15) is 28.5 Å². The minimum Gasteiger partial charge on any atom is -0.289 e. The Morgan fingerprint density at radius 1 is 0.674 bits per heavy atom. The average molecular weight is 607 g/mol. The monoisotopic (exact) mass is 606 g/mol. The maximum atomic E-state index is 14.4. The molecule has 1 aliphatic rings. The van der Waals surface area contributed by atoms with Crippen LogP contribution in [0.25, 0.3) is 44.1 Å². The van der Waals surface area contributed by atoms with Crippen molar-refractivity contribution in [1.82, 2.24) is 4.98 Å². The van der Waals surface area contributed by atoms with E-state index in [2.05, 4.69) is 23.1 Å². The number of rotatable bonds is 4. The van der Waals surface area contributed by atoms with Crippen LogP contribution in [0, 0.1) is 22.7 Å². The van der Waals surface area contributed by atoms with Crippen LogP contribution in [0.2, 0.25) is 0 Å². The molecule has 0 saturated heterocycles. The van der Waals surface area contributed by atoms with Gasteiger partial charge in [0.15, 0.2) is 5.78 Å². The number of carbonyl (C=O) groups is 1. The van der Waals surface area contributed by atoms with E-state index in [1.54, 1.807) is 0 Å². The lowest BCUT2D eigenvalue weighted by Crippen LogP contribution is -2.09. The van der Waals surface area contributed by atoms with Gasteiger partial charge in [-0.2, -0.15) is 10.5 Å². The molecule has 0 saturated carbocycles. The second-order valence-corrected chi connectivity index (χ2v) is 12.0. The number of para-hydroxylation sites is 2. The quantitative estimate of drug-likeness (QED) is 0.113. The first-order valence-corrected chi connectivity index (χ1v) is 15.5. The van der Waals surface area contributed by atoms with E-state index in [0.717, 1.165) is 53.8 Å². The summed E-state index contributed by atoms with van der Waals surface area (Å²) in [5, 5.41) is 25.7. The molecule has 5 nitrogen and oxygen atoms in total. The Balaban J connectivity index is 1.32. The van der Waals surface area contributed by atoms with Crippen LogP contribution in [0.5, 0.6) is 0 Å². The Kier molecular flexibility index (Phi) is 6.50. The number of pyridine rings is 1. The number of benzene rings is 5. The van der Waals surface area contributed by atoms with Crippen molar-refractivity contribution in [2.45, 2.75) is 0 Å².